The zero-order chi connectivity index (χ0) is 22.8. The van der Waals surface area contributed by atoms with Gasteiger partial charge in [-0.25, -0.2) is 5.48 Å². The fourth-order valence-corrected chi connectivity index (χ4v) is 4.52. The minimum atomic E-state index is -0.520. The Morgan fingerprint density at radius 1 is 1.03 bits per heavy atom. The first kappa shape index (κ1) is 21.0. The number of carbonyl (C=O) groups excluding carboxylic acids is 1. The number of hydroxylamine groups is 1. The molecule has 0 bridgehead atoms. The molecule has 1 amide bonds. The Morgan fingerprint density at radius 3 is 2.55 bits per heavy atom. The van der Waals surface area contributed by atoms with Crippen molar-refractivity contribution >= 4 is 5.91 Å². The molecule has 6 heteroatoms. The highest BCUT2D eigenvalue weighted by molar-refractivity contribution is 5.93. The van der Waals surface area contributed by atoms with Crippen LogP contribution in [0.25, 0.3) is 11.3 Å². The zero-order valence-electron chi connectivity index (χ0n) is 18.4. The quantitative estimate of drug-likeness (QED) is 0.345. The third-order valence-corrected chi connectivity index (χ3v) is 6.24. The lowest BCUT2D eigenvalue weighted by molar-refractivity contribution is 0.0706. The molecule has 33 heavy (non-hydrogen) atoms. The molecule has 0 fully saturated rings. The average Bonchev–Trinajstić information content (AvgIpc) is 3.21. The minimum Gasteiger partial charge on any atom is -0.497 e. The molecule has 0 spiro atoms. The van der Waals surface area contributed by atoms with Crippen molar-refractivity contribution in [3.05, 3.63) is 106 Å². The summed E-state index contributed by atoms with van der Waals surface area (Å²) in [5.41, 5.74) is 10.4. The van der Waals surface area contributed by atoms with Crippen LogP contribution in [0.4, 0.5) is 0 Å². The molecule has 166 valence electrons. The van der Waals surface area contributed by atoms with E-state index >= 15 is 0 Å². The predicted octanol–water partition coefficient (Wildman–Crippen LogP) is 4.42. The van der Waals surface area contributed by atoms with Crippen LogP contribution in [0.15, 0.2) is 72.8 Å². The number of amides is 1. The largest absolute Gasteiger partial charge is 0.497 e. The van der Waals surface area contributed by atoms with Gasteiger partial charge in [-0.1, -0.05) is 42.5 Å². The van der Waals surface area contributed by atoms with E-state index in [1.807, 2.05) is 24.3 Å². The molecule has 5 rings (SSSR count). The maximum absolute atomic E-state index is 11.6. The number of nitrogens with zero attached hydrogens (tertiary/aromatic N) is 2. The van der Waals surface area contributed by atoms with Crippen LogP contribution >= 0.6 is 0 Å². The molecule has 0 atom stereocenters. The van der Waals surface area contributed by atoms with Gasteiger partial charge in [0.1, 0.15) is 5.75 Å². The molecule has 6 nitrogen and oxygen atoms in total. The lowest BCUT2D eigenvalue weighted by Gasteiger charge is -2.17. The maximum Gasteiger partial charge on any atom is 0.274 e. The van der Waals surface area contributed by atoms with Gasteiger partial charge in [0.2, 0.25) is 0 Å². The number of hydrogen-bond donors (Lipinski definition) is 2. The van der Waals surface area contributed by atoms with E-state index in [4.69, 9.17) is 15.0 Å². The number of hydrogen-bond acceptors (Lipinski definition) is 4. The van der Waals surface area contributed by atoms with Crippen molar-refractivity contribution in [2.24, 2.45) is 0 Å². The van der Waals surface area contributed by atoms with E-state index in [0.717, 1.165) is 36.3 Å². The Kier molecular flexibility index (Phi) is 5.67. The summed E-state index contributed by atoms with van der Waals surface area (Å²) in [5, 5.41) is 13.9. The molecule has 1 heterocycles. The number of aryl methyl sites for hydroxylation is 1. The number of aromatic nitrogens is 2. The van der Waals surface area contributed by atoms with Crippen molar-refractivity contribution in [1.82, 2.24) is 15.3 Å². The van der Waals surface area contributed by atoms with Crippen LogP contribution < -0.4 is 10.2 Å². The molecule has 1 aromatic heterocycles. The van der Waals surface area contributed by atoms with Crippen molar-refractivity contribution in [2.45, 2.75) is 25.8 Å². The second-order valence-electron chi connectivity index (χ2n) is 8.25. The van der Waals surface area contributed by atoms with E-state index in [0.29, 0.717) is 12.1 Å². The van der Waals surface area contributed by atoms with Crippen LogP contribution in [0.2, 0.25) is 0 Å². The monoisotopic (exact) mass is 439 g/mol. The molecule has 0 saturated heterocycles. The number of methoxy groups -OCH3 is 1. The highest BCUT2D eigenvalue weighted by Gasteiger charge is 2.25. The van der Waals surface area contributed by atoms with Gasteiger partial charge in [0, 0.05) is 28.8 Å². The van der Waals surface area contributed by atoms with Crippen LogP contribution in [0.3, 0.4) is 0 Å². The topological polar surface area (TPSA) is 76.4 Å². The van der Waals surface area contributed by atoms with Gasteiger partial charge in [0.15, 0.2) is 0 Å². The van der Waals surface area contributed by atoms with E-state index < -0.39 is 5.91 Å². The summed E-state index contributed by atoms with van der Waals surface area (Å²) >= 11 is 0. The van der Waals surface area contributed by atoms with E-state index in [1.54, 1.807) is 24.7 Å². The van der Waals surface area contributed by atoms with Crippen LogP contribution in [0.1, 0.15) is 38.3 Å². The Bertz CT molecular complexity index is 1290. The molecule has 2 N–H and O–H groups in total. The third kappa shape index (κ3) is 4.13. The highest BCUT2D eigenvalue weighted by Crippen LogP contribution is 2.37. The number of benzene rings is 3. The van der Waals surface area contributed by atoms with Crippen molar-refractivity contribution in [1.29, 1.82) is 0 Å². The van der Waals surface area contributed by atoms with E-state index in [2.05, 4.69) is 41.1 Å². The Labute approximate surface area is 192 Å². The molecular formula is C27H25N3O3. The second kappa shape index (κ2) is 8.92. The van der Waals surface area contributed by atoms with Gasteiger partial charge in [0.25, 0.3) is 5.91 Å². The molecule has 1 aliphatic carbocycles. The minimum absolute atomic E-state index is 0.411. The smallest absolute Gasteiger partial charge is 0.274 e. The number of rotatable bonds is 6. The first-order chi connectivity index (χ1) is 16.2. The van der Waals surface area contributed by atoms with Crippen molar-refractivity contribution in [3.63, 3.8) is 0 Å². The number of carbonyl (C=O) groups is 1. The fourth-order valence-electron chi connectivity index (χ4n) is 4.52. The fraction of sp³-hybridized carbons (Fsp3) is 0.185. The van der Waals surface area contributed by atoms with E-state index in [9.17, 15) is 4.79 Å². The lowest BCUT2D eigenvalue weighted by atomic mass is 9.88. The van der Waals surface area contributed by atoms with Gasteiger partial charge in [-0.05, 0) is 59.9 Å². The molecule has 1 aliphatic rings. The zero-order valence-corrected chi connectivity index (χ0v) is 18.4. The number of ether oxygens (including phenoxy) is 1. The van der Waals surface area contributed by atoms with Gasteiger partial charge in [-0.2, -0.15) is 5.10 Å². The van der Waals surface area contributed by atoms with Gasteiger partial charge < -0.3 is 4.74 Å². The molecule has 4 aromatic rings. The molecule has 0 radical (unpaired) electrons. The lowest BCUT2D eigenvalue weighted by Crippen LogP contribution is -2.18. The second-order valence-corrected chi connectivity index (χ2v) is 8.25. The normalized spacial score (nSPS) is 12.1. The van der Waals surface area contributed by atoms with E-state index in [-0.39, 0.29) is 0 Å². The number of fused-ring (bicyclic) bond motifs is 3. The SMILES string of the molecule is COc1ccc2c(c1)CCc1c-2nn(Cc2ccc(C(=O)NO)cc2)c1Cc1ccccc1. The number of nitrogens with one attached hydrogen (secondary N) is 1. The Balaban J connectivity index is 1.55. The first-order valence-corrected chi connectivity index (χ1v) is 11.0. The maximum atomic E-state index is 11.6. The van der Waals surface area contributed by atoms with Gasteiger partial charge in [-0.15, -0.1) is 0 Å². The summed E-state index contributed by atoms with van der Waals surface area (Å²) < 4.78 is 7.52. The summed E-state index contributed by atoms with van der Waals surface area (Å²) in [7, 11) is 1.69. The summed E-state index contributed by atoms with van der Waals surface area (Å²) in [4.78, 5) is 11.6. The molecular weight excluding hydrogens is 414 g/mol. The van der Waals surface area contributed by atoms with Crippen LogP contribution in [-0.4, -0.2) is 28.0 Å². The van der Waals surface area contributed by atoms with E-state index in [1.165, 1.54) is 27.9 Å². The van der Waals surface area contributed by atoms with Gasteiger partial charge >= 0.3 is 0 Å². The molecule has 0 saturated carbocycles. The first-order valence-electron chi connectivity index (χ1n) is 11.0. The average molecular weight is 440 g/mol. The molecule has 0 unspecified atom stereocenters. The predicted molar refractivity (Wildman–Crippen MR) is 126 cm³/mol. The summed E-state index contributed by atoms with van der Waals surface area (Å²) in [6, 6.07) is 23.9. The third-order valence-electron chi connectivity index (χ3n) is 6.24. The van der Waals surface area contributed by atoms with Crippen LogP contribution in [0.5, 0.6) is 5.75 Å². The van der Waals surface area contributed by atoms with Crippen LogP contribution in [0, 0.1) is 0 Å². The molecule has 0 aliphatic heterocycles. The standard InChI is InChI=1S/C27H25N3O3/c1-33-22-12-14-23-21(16-22)11-13-24-25(15-18-5-3-2-4-6-18)30(28-26(23)24)17-19-7-9-20(10-8-19)27(31)29-32/h2-10,12,14,16,32H,11,13,15,17H2,1H3,(H,29,31). The highest BCUT2D eigenvalue weighted by atomic mass is 16.5. The van der Waals surface area contributed by atoms with Crippen molar-refractivity contribution < 1.29 is 14.7 Å². The summed E-state index contributed by atoms with van der Waals surface area (Å²) in [6.45, 7) is 0.599. The molecule has 3 aromatic carbocycles. The Hall–Kier alpha value is -3.90. The van der Waals surface area contributed by atoms with Crippen molar-refractivity contribution in [3.8, 4) is 17.0 Å². The van der Waals surface area contributed by atoms with Gasteiger partial charge in [-0.3, -0.25) is 14.7 Å². The van der Waals surface area contributed by atoms with Crippen LogP contribution in [-0.2, 0) is 25.8 Å². The Morgan fingerprint density at radius 2 is 1.82 bits per heavy atom. The summed E-state index contributed by atoms with van der Waals surface area (Å²) in [5.74, 6) is 0.348. The van der Waals surface area contributed by atoms with Gasteiger partial charge in [0.05, 0.1) is 19.3 Å². The summed E-state index contributed by atoms with van der Waals surface area (Å²) in [6.07, 6.45) is 2.70. The van der Waals surface area contributed by atoms with Crippen molar-refractivity contribution in [2.75, 3.05) is 7.11 Å².